The maximum Gasteiger partial charge on any atom is 0.411 e. The number of alkyl halides is 3. The predicted molar refractivity (Wildman–Crippen MR) is 64.5 cm³/mol. The summed E-state index contributed by atoms with van der Waals surface area (Å²) in [5.41, 5.74) is 0.514. The van der Waals surface area contributed by atoms with Crippen molar-refractivity contribution in [3.63, 3.8) is 0 Å². The zero-order valence-electron chi connectivity index (χ0n) is 10.4. The first-order chi connectivity index (χ1) is 9.07. The monoisotopic (exact) mass is 311 g/mol. The van der Waals surface area contributed by atoms with Gasteiger partial charge in [0.1, 0.15) is 6.61 Å². The molecule has 0 spiro atoms. The molecule has 9 heteroatoms. The molecule has 0 aromatic heterocycles. The van der Waals surface area contributed by atoms with Crippen molar-refractivity contribution in [2.24, 2.45) is 0 Å². The number of halogens is 3. The van der Waals surface area contributed by atoms with E-state index in [1.165, 1.54) is 24.3 Å². The minimum absolute atomic E-state index is 0.0787. The van der Waals surface area contributed by atoms with Crippen LogP contribution in [0.1, 0.15) is 15.9 Å². The molecule has 112 valence electrons. The highest BCUT2D eigenvalue weighted by molar-refractivity contribution is 7.89. The van der Waals surface area contributed by atoms with Crippen molar-refractivity contribution in [2.45, 2.75) is 12.8 Å². The van der Waals surface area contributed by atoms with E-state index in [-0.39, 0.29) is 12.2 Å². The van der Waals surface area contributed by atoms with Gasteiger partial charge >= 0.3 is 6.18 Å². The van der Waals surface area contributed by atoms with Crippen molar-refractivity contribution in [1.29, 1.82) is 0 Å². The van der Waals surface area contributed by atoms with Crippen LogP contribution in [0.25, 0.3) is 0 Å². The zero-order chi connectivity index (χ0) is 15.4. The predicted octanol–water partition coefficient (Wildman–Crippen LogP) is 1.45. The van der Waals surface area contributed by atoms with Crippen LogP contribution in [0.3, 0.4) is 0 Å². The Morgan fingerprint density at radius 3 is 2.25 bits per heavy atom. The normalized spacial score (nSPS) is 12.2. The lowest BCUT2D eigenvalue weighted by molar-refractivity contribution is -0.176. The molecule has 0 bridgehead atoms. The smallest absolute Gasteiger partial charge is 0.367 e. The van der Waals surface area contributed by atoms with Crippen LogP contribution in [-0.2, 0) is 21.4 Å². The third kappa shape index (κ3) is 6.53. The Morgan fingerprint density at radius 2 is 1.80 bits per heavy atom. The van der Waals surface area contributed by atoms with Gasteiger partial charge in [-0.1, -0.05) is 12.1 Å². The molecule has 1 N–H and O–H groups in total. The Labute approximate surface area is 113 Å². The van der Waals surface area contributed by atoms with Gasteiger partial charge in [0.25, 0.3) is 5.91 Å². The molecule has 0 aliphatic rings. The number of hydrogen-bond acceptors (Lipinski definition) is 4. The van der Waals surface area contributed by atoms with Crippen molar-refractivity contribution in [3.8, 4) is 0 Å². The average molecular weight is 311 g/mol. The second-order valence-electron chi connectivity index (χ2n) is 4.01. The lowest BCUT2D eigenvalue weighted by atomic mass is 10.1. The lowest BCUT2D eigenvalue weighted by Crippen LogP contribution is -2.29. The van der Waals surface area contributed by atoms with Crippen LogP contribution in [0.15, 0.2) is 24.3 Å². The van der Waals surface area contributed by atoms with Crippen molar-refractivity contribution in [1.82, 2.24) is 4.72 Å². The molecule has 5 nitrogen and oxygen atoms in total. The number of nitrogens with one attached hydrogen (secondary N) is 1. The molecule has 0 fully saturated rings. The number of sulfonamides is 1. The van der Waals surface area contributed by atoms with Gasteiger partial charge in [-0.05, 0) is 17.7 Å². The van der Waals surface area contributed by atoms with E-state index in [0.717, 1.165) is 6.26 Å². The molecular weight excluding hydrogens is 299 g/mol. The first-order valence-electron chi connectivity index (χ1n) is 5.32. The van der Waals surface area contributed by atoms with Crippen LogP contribution in [-0.4, -0.2) is 33.4 Å². The number of carbonyl (C=O) groups is 1. The molecule has 0 atom stereocenters. The van der Waals surface area contributed by atoms with Gasteiger partial charge in [-0.15, -0.1) is 0 Å². The highest BCUT2D eigenvalue weighted by Crippen LogP contribution is 2.15. The van der Waals surface area contributed by atoms with Gasteiger partial charge < -0.3 is 4.74 Å². The van der Waals surface area contributed by atoms with Crippen molar-refractivity contribution in [2.75, 3.05) is 12.9 Å². The molecule has 1 aromatic carbocycles. The number of ether oxygens (including phenoxy) is 1. The largest absolute Gasteiger partial charge is 0.411 e. The summed E-state index contributed by atoms with van der Waals surface area (Å²) in [7, 11) is -3.66. The molecule has 1 rings (SSSR count). The van der Waals surface area contributed by atoms with E-state index in [0.29, 0.717) is 5.56 Å². The molecule has 0 heterocycles. The summed E-state index contributed by atoms with van der Waals surface area (Å²) < 4.78 is 63.5. The van der Waals surface area contributed by atoms with E-state index in [4.69, 9.17) is 0 Å². The number of carbonyl (C=O) groups excluding carboxylic acids is 1. The Balaban J connectivity index is 2.58. The minimum atomic E-state index is -4.39. The molecule has 0 unspecified atom stereocenters. The molecule has 0 saturated heterocycles. The summed E-state index contributed by atoms with van der Waals surface area (Å²) in [4.78, 5) is 11.4. The van der Waals surface area contributed by atoms with Crippen LogP contribution in [0.5, 0.6) is 0 Å². The van der Waals surface area contributed by atoms with Crippen molar-refractivity contribution < 1.29 is 31.1 Å². The summed E-state index contributed by atoms with van der Waals surface area (Å²) in [6.07, 6.45) is -3.56. The molecule has 20 heavy (non-hydrogen) atoms. The fourth-order valence-electron chi connectivity index (χ4n) is 1.26. The van der Waals surface area contributed by atoms with Crippen LogP contribution in [0, 0.1) is 0 Å². The van der Waals surface area contributed by atoms with E-state index in [1.807, 2.05) is 0 Å². The summed E-state index contributed by atoms with van der Waals surface area (Å²) in [5, 5.41) is 0. The molecule has 1 amide bonds. The Morgan fingerprint density at radius 1 is 1.25 bits per heavy atom. The third-order valence-corrected chi connectivity index (χ3v) is 2.58. The van der Waals surface area contributed by atoms with Gasteiger partial charge in [0.05, 0.1) is 12.9 Å². The fraction of sp³-hybridized carbons (Fsp3) is 0.364. The van der Waals surface area contributed by atoms with Crippen molar-refractivity contribution in [3.05, 3.63) is 35.4 Å². The molecule has 0 aliphatic heterocycles. The zero-order valence-corrected chi connectivity index (χ0v) is 11.2. The number of hydrogen-bond donors (Lipinski definition) is 1. The van der Waals surface area contributed by atoms with Crippen molar-refractivity contribution >= 4 is 15.9 Å². The maximum absolute atomic E-state index is 11.9. The van der Waals surface area contributed by atoms with Crippen LogP contribution < -0.4 is 4.72 Å². The van der Waals surface area contributed by atoms with Crippen LogP contribution >= 0.6 is 0 Å². The Bertz CT molecular complexity index is 566. The second kappa shape index (κ2) is 6.23. The number of amides is 1. The number of rotatable bonds is 5. The minimum Gasteiger partial charge on any atom is -0.367 e. The first-order valence-corrected chi connectivity index (χ1v) is 7.21. The van der Waals surface area contributed by atoms with E-state index < -0.39 is 28.7 Å². The SMILES string of the molecule is CS(=O)(=O)NC(=O)c1ccc(COCC(F)(F)F)cc1. The van der Waals surface area contributed by atoms with Gasteiger partial charge in [-0.3, -0.25) is 4.79 Å². The fourth-order valence-corrected chi connectivity index (χ4v) is 1.72. The first kappa shape index (κ1) is 16.4. The molecule has 1 aromatic rings. The summed E-state index contributed by atoms with van der Waals surface area (Å²) in [6.45, 7) is -1.61. The quantitative estimate of drug-likeness (QED) is 0.893. The van der Waals surface area contributed by atoms with E-state index >= 15 is 0 Å². The molecule has 0 saturated carbocycles. The Hall–Kier alpha value is -1.61. The molecular formula is C11H12F3NO4S. The van der Waals surface area contributed by atoms with Crippen LogP contribution in [0.2, 0.25) is 0 Å². The topological polar surface area (TPSA) is 72.5 Å². The molecule has 0 aliphatic carbocycles. The van der Waals surface area contributed by atoms with E-state index in [9.17, 15) is 26.4 Å². The average Bonchev–Trinajstić information content (AvgIpc) is 2.25. The van der Waals surface area contributed by atoms with Gasteiger partial charge in [-0.2, -0.15) is 13.2 Å². The molecule has 0 radical (unpaired) electrons. The van der Waals surface area contributed by atoms with Gasteiger partial charge in [0.2, 0.25) is 10.0 Å². The van der Waals surface area contributed by atoms with Gasteiger partial charge in [-0.25, -0.2) is 13.1 Å². The number of benzene rings is 1. The standard InChI is InChI=1S/C11H12F3NO4S/c1-20(17,18)15-10(16)9-4-2-8(3-5-9)6-19-7-11(12,13)14/h2-5H,6-7H2,1H3,(H,15,16). The summed E-state index contributed by atoms with van der Waals surface area (Å²) in [5.74, 6) is -0.810. The van der Waals surface area contributed by atoms with Gasteiger partial charge in [0.15, 0.2) is 0 Å². The maximum atomic E-state index is 11.9. The van der Waals surface area contributed by atoms with Crippen LogP contribution in [0.4, 0.5) is 13.2 Å². The van der Waals surface area contributed by atoms with E-state index in [2.05, 4.69) is 4.74 Å². The third-order valence-electron chi connectivity index (χ3n) is 2.03. The lowest BCUT2D eigenvalue weighted by Gasteiger charge is -2.08. The van der Waals surface area contributed by atoms with Gasteiger partial charge in [0, 0.05) is 5.56 Å². The Kier molecular flexibility index (Phi) is 5.12. The highest BCUT2D eigenvalue weighted by Gasteiger charge is 2.27. The summed E-state index contributed by atoms with van der Waals surface area (Å²) >= 11 is 0. The highest BCUT2D eigenvalue weighted by atomic mass is 32.2. The van der Waals surface area contributed by atoms with E-state index in [1.54, 1.807) is 4.72 Å². The summed E-state index contributed by atoms with van der Waals surface area (Å²) in [6, 6.07) is 5.36. The second-order valence-corrected chi connectivity index (χ2v) is 5.76.